The summed E-state index contributed by atoms with van der Waals surface area (Å²) in [5, 5.41) is 0. The Morgan fingerprint density at radius 1 is 1.16 bits per heavy atom. The lowest BCUT2D eigenvalue weighted by Gasteiger charge is -2.13. The highest BCUT2D eigenvalue weighted by molar-refractivity contribution is 5.22. The zero-order valence-electron chi connectivity index (χ0n) is 11.5. The number of ether oxygens (including phenoxy) is 1. The van der Waals surface area contributed by atoms with Gasteiger partial charge >= 0.3 is 0 Å². The Hall–Kier alpha value is -1.00. The first kappa shape index (κ1) is 16.1. The summed E-state index contributed by atoms with van der Waals surface area (Å²) in [6.07, 6.45) is 5.79. The van der Waals surface area contributed by atoms with Crippen LogP contribution in [0.15, 0.2) is 18.2 Å². The topological polar surface area (TPSA) is 35.2 Å². The van der Waals surface area contributed by atoms with Crippen molar-refractivity contribution in [3.63, 3.8) is 0 Å². The van der Waals surface area contributed by atoms with E-state index in [4.69, 9.17) is 10.5 Å². The molecule has 2 N–H and O–H groups in total. The van der Waals surface area contributed by atoms with Crippen LogP contribution in [0, 0.1) is 11.6 Å². The van der Waals surface area contributed by atoms with E-state index in [1.807, 2.05) is 0 Å². The van der Waals surface area contributed by atoms with Crippen molar-refractivity contribution >= 4 is 0 Å². The van der Waals surface area contributed by atoms with Gasteiger partial charge in [0.1, 0.15) is 0 Å². The number of benzene rings is 1. The first-order valence-corrected chi connectivity index (χ1v) is 6.94. The molecule has 1 rings (SSSR count). The number of unbranched alkanes of at least 4 members (excludes halogenated alkanes) is 4. The van der Waals surface area contributed by atoms with Crippen LogP contribution in [0.3, 0.4) is 0 Å². The van der Waals surface area contributed by atoms with Crippen molar-refractivity contribution < 1.29 is 13.5 Å². The Balaban J connectivity index is 2.24. The van der Waals surface area contributed by atoms with Gasteiger partial charge in [0.15, 0.2) is 11.6 Å². The Bertz CT molecular complexity index is 371. The van der Waals surface area contributed by atoms with Gasteiger partial charge < -0.3 is 10.5 Å². The summed E-state index contributed by atoms with van der Waals surface area (Å²) in [6.45, 7) is 3.01. The van der Waals surface area contributed by atoms with Gasteiger partial charge in [0.05, 0.1) is 12.6 Å². The standard InChI is InChI=1S/C15H23F2NO/c1-2-3-4-5-6-10-19-11-14(18)12-8-7-9-13(16)15(12)17/h7-9,14H,2-6,10-11,18H2,1H3. The number of hydrogen-bond donors (Lipinski definition) is 1. The molecule has 0 fully saturated rings. The van der Waals surface area contributed by atoms with Gasteiger partial charge in [0, 0.05) is 12.2 Å². The molecule has 0 bridgehead atoms. The lowest BCUT2D eigenvalue weighted by atomic mass is 10.1. The largest absolute Gasteiger partial charge is 0.379 e. The molecule has 0 radical (unpaired) electrons. The summed E-state index contributed by atoms with van der Waals surface area (Å²) in [7, 11) is 0. The van der Waals surface area contributed by atoms with Crippen LogP contribution >= 0.6 is 0 Å². The molecule has 0 aliphatic rings. The van der Waals surface area contributed by atoms with Crippen molar-refractivity contribution in [1.29, 1.82) is 0 Å². The van der Waals surface area contributed by atoms with Crippen LogP contribution in [0.1, 0.15) is 50.6 Å². The molecule has 0 saturated carbocycles. The summed E-state index contributed by atoms with van der Waals surface area (Å²) < 4.78 is 31.9. The van der Waals surface area contributed by atoms with Crippen molar-refractivity contribution in [1.82, 2.24) is 0 Å². The molecule has 1 atom stereocenters. The summed E-state index contributed by atoms with van der Waals surface area (Å²) in [5.74, 6) is -1.74. The molecule has 1 unspecified atom stereocenters. The van der Waals surface area contributed by atoms with Crippen molar-refractivity contribution in [3.05, 3.63) is 35.4 Å². The lowest BCUT2D eigenvalue weighted by molar-refractivity contribution is 0.116. The van der Waals surface area contributed by atoms with E-state index in [-0.39, 0.29) is 12.2 Å². The maximum Gasteiger partial charge on any atom is 0.163 e. The number of rotatable bonds is 9. The summed E-state index contributed by atoms with van der Waals surface area (Å²) >= 11 is 0. The van der Waals surface area contributed by atoms with Crippen LogP contribution in [0.5, 0.6) is 0 Å². The maximum absolute atomic E-state index is 13.5. The molecular weight excluding hydrogens is 248 g/mol. The highest BCUT2D eigenvalue weighted by Gasteiger charge is 2.14. The molecule has 19 heavy (non-hydrogen) atoms. The van der Waals surface area contributed by atoms with E-state index in [2.05, 4.69) is 6.92 Å². The van der Waals surface area contributed by atoms with E-state index in [0.29, 0.717) is 6.61 Å². The predicted molar refractivity (Wildman–Crippen MR) is 72.9 cm³/mol. The molecule has 0 amide bonds. The fraction of sp³-hybridized carbons (Fsp3) is 0.600. The Kier molecular flexibility index (Phi) is 7.60. The fourth-order valence-electron chi connectivity index (χ4n) is 1.91. The molecule has 108 valence electrons. The van der Waals surface area contributed by atoms with Crippen LogP contribution in [-0.2, 0) is 4.74 Å². The molecule has 1 aromatic rings. The quantitative estimate of drug-likeness (QED) is 0.690. The smallest absolute Gasteiger partial charge is 0.163 e. The Morgan fingerprint density at radius 3 is 2.63 bits per heavy atom. The van der Waals surface area contributed by atoms with Gasteiger partial charge in [0.2, 0.25) is 0 Å². The first-order valence-electron chi connectivity index (χ1n) is 6.94. The minimum Gasteiger partial charge on any atom is -0.379 e. The maximum atomic E-state index is 13.5. The summed E-state index contributed by atoms with van der Waals surface area (Å²) in [4.78, 5) is 0. The minimum absolute atomic E-state index is 0.172. The summed E-state index contributed by atoms with van der Waals surface area (Å²) in [5.41, 5.74) is 5.97. The Labute approximate surface area is 114 Å². The molecule has 0 aromatic heterocycles. The summed E-state index contributed by atoms with van der Waals surface area (Å²) in [6, 6.07) is 3.41. The molecule has 0 spiro atoms. The fourth-order valence-corrected chi connectivity index (χ4v) is 1.91. The second-order valence-corrected chi connectivity index (χ2v) is 4.74. The normalized spacial score (nSPS) is 12.6. The van der Waals surface area contributed by atoms with E-state index >= 15 is 0 Å². The van der Waals surface area contributed by atoms with E-state index in [1.54, 1.807) is 0 Å². The molecule has 4 heteroatoms. The van der Waals surface area contributed by atoms with Crippen molar-refractivity contribution in [3.8, 4) is 0 Å². The van der Waals surface area contributed by atoms with Crippen LogP contribution in [0.25, 0.3) is 0 Å². The van der Waals surface area contributed by atoms with E-state index < -0.39 is 17.7 Å². The number of nitrogens with two attached hydrogens (primary N) is 1. The monoisotopic (exact) mass is 271 g/mol. The van der Waals surface area contributed by atoms with Crippen LogP contribution < -0.4 is 5.73 Å². The zero-order chi connectivity index (χ0) is 14.1. The van der Waals surface area contributed by atoms with Gasteiger partial charge in [0.25, 0.3) is 0 Å². The van der Waals surface area contributed by atoms with E-state index in [9.17, 15) is 8.78 Å². The zero-order valence-corrected chi connectivity index (χ0v) is 11.5. The molecule has 0 aliphatic carbocycles. The van der Waals surface area contributed by atoms with Crippen molar-refractivity contribution in [2.75, 3.05) is 13.2 Å². The van der Waals surface area contributed by atoms with E-state index in [0.717, 1.165) is 18.9 Å². The second-order valence-electron chi connectivity index (χ2n) is 4.74. The van der Waals surface area contributed by atoms with Gasteiger partial charge in [-0.25, -0.2) is 8.78 Å². The third-order valence-corrected chi connectivity index (χ3v) is 3.07. The van der Waals surface area contributed by atoms with Gasteiger partial charge in [-0.05, 0) is 12.5 Å². The number of halogens is 2. The first-order chi connectivity index (χ1) is 9.16. The van der Waals surface area contributed by atoms with Crippen molar-refractivity contribution in [2.24, 2.45) is 5.73 Å². The Morgan fingerprint density at radius 2 is 1.89 bits per heavy atom. The average Bonchev–Trinajstić information content (AvgIpc) is 2.40. The van der Waals surface area contributed by atoms with Gasteiger partial charge in [-0.2, -0.15) is 0 Å². The SMILES string of the molecule is CCCCCCCOCC(N)c1cccc(F)c1F. The third-order valence-electron chi connectivity index (χ3n) is 3.07. The van der Waals surface area contributed by atoms with Crippen LogP contribution in [0.2, 0.25) is 0 Å². The highest BCUT2D eigenvalue weighted by Crippen LogP contribution is 2.17. The average molecular weight is 271 g/mol. The van der Waals surface area contributed by atoms with E-state index in [1.165, 1.54) is 31.4 Å². The predicted octanol–water partition coefficient (Wildman–Crippen LogP) is 3.95. The molecule has 2 nitrogen and oxygen atoms in total. The van der Waals surface area contributed by atoms with Crippen molar-refractivity contribution in [2.45, 2.75) is 45.1 Å². The molecule has 0 heterocycles. The van der Waals surface area contributed by atoms with Crippen LogP contribution in [0.4, 0.5) is 8.78 Å². The van der Waals surface area contributed by atoms with Gasteiger partial charge in [-0.1, -0.05) is 44.7 Å². The molecular formula is C15H23F2NO. The number of hydrogen-bond acceptors (Lipinski definition) is 2. The highest BCUT2D eigenvalue weighted by atomic mass is 19.2. The third kappa shape index (κ3) is 5.66. The van der Waals surface area contributed by atoms with Gasteiger partial charge in [-0.3, -0.25) is 0 Å². The minimum atomic E-state index is -0.874. The second kappa shape index (κ2) is 8.99. The molecule has 0 saturated heterocycles. The lowest BCUT2D eigenvalue weighted by Crippen LogP contribution is -2.19. The molecule has 1 aromatic carbocycles. The van der Waals surface area contributed by atoms with Crippen LogP contribution in [-0.4, -0.2) is 13.2 Å². The molecule has 0 aliphatic heterocycles. The van der Waals surface area contributed by atoms with Gasteiger partial charge in [-0.15, -0.1) is 0 Å².